The summed E-state index contributed by atoms with van der Waals surface area (Å²) in [5.74, 6) is 0.767. The van der Waals surface area contributed by atoms with Gasteiger partial charge in [0.2, 0.25) is 0 Å². The van der Waals surface area contributed by atoms with Gasteiger partial charge in [-0.2, -0.15) is 0 Å². The average molecular weight is 556 g/mol. The third-order valence-corrected chi connectivity index (χ3v) is 5.50. The molecule has 0 atom stereocenters. The zero-order valence-corrected chi connectivity index (χ0v) is 22.8. The largest absolute Gasteiger partial charge is 0.444 e. The standard InChI is InChI=1S/C22H45N5O3.HI/c1-7-22(8-2,26-20(29)30-21(4,5)6)17-25-19(23-9-3)24-13-10-14-27-15-11-18(28)12-16-27;/h18,28H,7-17H2,1-6H3,(H,26,29)(H2,23,24,25);1H. The highest BCUT2D eigenvalue weighted by Gasteiger charge is 2.30. The van der Waals surface area contributed by atoms with Crippen molar-refractivity contribution in [2.24, 2.45) is 4.99 Å². The van der Waals surface area contributed by atoms with Crippen LogP contribution in [-0.2, 0) is 4.74 Å². The smallest absolute Gasteiger partial charge is 0.408 e. The second kappa shape index (κ2) is 15.1. The fraction of sp³-hybridized carbons (Fsp3) is 0.909. The molecule has 0 saturated carbocycles. The maximum atomic E-state index is 12.3. The Balaban J connectivity index is 0.00000900. The number of halogens is 1. The number of hydrogen-bond donors (Lipinski definition) is 4. The first-order valence-corrected chi connectivity index (χ1v) is 11.6. The molecule has 1 aliphatic rings. The molecule has 0 unspecified atom stereocenters. The molecule has 1 saturated heterocycles. The van der Waals surface area contributed by atoms with Crippen molar-refractivity contribution in [2.45, 2.75) is 90.9 Å². The molecule has 0 aliphatic carbocycles. The van der Waals surface area contributed by atoms with E-state index in [1.165, 1.54) is 0 Å². The molecule has 0 aromatic rings. The van der Waals surface area contributed by atoms with E-state index in [4.69, 9.17) is 9.73 Å². The number of amides is 1. The van der Waals surface area contributed by atoms with E-state index < -0.39 is 17.2 Å². The highest BCUT2D eigenvalue weighted by molar-refractivity contribution is 14.0. The Hall–Kier alpha value is -0.810. The summed E-state index contributed by atoms with van der Waals surface area (Å²) in [6, 6.07) is 0. The lowest BCUT2D eigenvalue weighted by Gasteiger charge is -2.32. The maximum Gasteiger partial charge on any atom is 0.408 e. The third kappa shape index (κ3) is 12.7. The number of hydrogen-bond acceptors (Lipinski definition) is 5. The van der Waals surface area contributed by atoms with Crippen molar-refractivity contribution >= 4 is 36.0 Å². The van der Waals surface area contributed by atoms with Gasteiger partial charge in [-0.1, -0.05) is 13.8 Å². The zero-order chi connectivity index (χ0) is 22.6. The highest BCUT2D eigenvalue weighted by atomic mass is 127. The molecule has 4 N–H and O–H groups in total. The van der Waals surface area contributed by atoms with Crippen molar-refractivity contribution in [1.82, 2.24) is 20.9 Å². The Morgan fingerprint density at radius 1 is 1.13 bits per heavy atom. The number of nitrogens with one attached hydrogen (secondary N) is 3. The van der Waals surface area contributed by atoms with Crippen LogP contribution < -0.4 is 16.0 Å². The number of rotatable bonds is 10. The summed E-state index contributed by atoms with van der Waals surface area (Å²) < 4.78 is 5.44. The summed E-state index contributed by atoms with van der Waals surface area (Å²) in [6.07, 6.45) is 3.78. The van der Waals surface area contributed by atoms with Crippen LogP contribution in [0.5, 0.6) is 0 Å². The number of ether oxygens (including phenoxy) is 1. The average Bonchev–Trinajstić information content (AvgIpc) is 2.68. The van der Waals surface area contributed by atoms with Crippen LogP contribution in [0.4, 0.5) is 4.79 Å². The number of carbonyl (C=O) groups excluding carboxylic acids is 1. The molecule has 1 amide bonds. The van der Waals surface area contributed by atoms with E-state index in [0.29, 0.717) is 6.54 Å². The topological polar surface area (TPSA) is 98.2 Å². The van der Waals surface area contributed by atoms with Crippen molar-refractivity contribution < 1.29 is 14.6 Å². The van der Waals surface area contributed by atoms with E-state index in [1.54, 1.807) is 0 Å². The Kier molecular flexibility index (Phi) is 14.7. The molecule has 0 bridgehead atoms. The first-order valence-electron chi connectivity index (χ1n) is 11.6. The molecule has 31 heavy (non-hydrogen) atoms. The number of carbonyl (C=O) groups is 1. The number of aliphatic hydroxyl groups excluding tert-OH is 1. The predicted octanol–water partition coefficient (Wildman–Crippen LogP) is 3.09. The molecule has 0 spiro atoms. The second-order valence-corrected chi connectivity index (χ2v) is 9.16. The highest BCUT2D eigenvalue weighted by Crippen LogP contribution is 2.17. The van der Waals surface area contributed by atoms with E-state index in [0.717, 1.165) is 70.8 Å². The number of aliphatic hydroxyl groups is 1. The second-order valence-electron chi connectivity index (χ2n) is 9.16. The molecule has 184 valence electrons. The third-order valence-electron chi connectivity index (χ3n) is 5.50. The predicted molar refractivity (Wildman–Crippen MR) is 138 cm³/mol. The van der Waals surface area contributed by atoms with Gasteiger partial charge in [0, 0.05) is 26.2 Å². The Morgan fingerprint density at radius 2 is 1.74 bits per heavy atom. The molecular formula is C22H46IN5O3. The number of guanidine groups is 1. The fourth-order valence-corrected chi connectivity index (χ4v) is 3.43. The Morgan fingerprint density at radius 3 is 2.26 bits per heavy atom. The van der Waals surface area contributed by atoms with Crippen molar-refractivity contribution in [1.29, 1.82) is 0 Å². The van der Waals surface area contributed by atoms with Gasteiger partial charge in [0.1, 0.15) is 5.60 Å². The molecule has 0 aromatic carbocycles. The van der Waals surface area contributed by atoms with Crippen LogP contribution in [0.25, 0.3) is 0 Å². The van der Waals surface area contributed by atoms with E-state index >= 15 is 0 Å². The summed E-state index contributed by atoms with van der Waals surface area (Å²) >= 11 is 0. The summed E-state index contributed by atoms with van der Waals surface area (Å²) in [5, 5.41) is 19.3. The lowest BCUT2D eigenvalue weighted by Crippen LogP contribution is -2.52. The van der Waals surface area contributed by atoms with Crippen LogP contribution in [0.2, 0.25) is 0 Å². The molecule has 8 nitrogen and oxygen atoms in total. The van der Waals surface area contributed by atoms with Crippen LogP contribution in [0, 0.1) is 0 Å². The molecule has 0 radical (unpaired) electrons. The van der Waals surface area contributed by atoms with E-state index in [2.05, 4.69) is 34.7 Å². The first kappa shape index (κ1) is 30.2. The number of piperidine rings is 1. The normalized spacial score (nSPS) is 16.4. The minimum absolute atomic E-state index is 0. The van der Waals surface area contributed by atoms with Gasteiger partial charge < -0.3 is 30.7 Å². The molecule has 1 aliphatic heterocycles. The van der Waals surface area contributed by atoms with Gasteiger partial charge in [-0.25, -0.2) is 4.79 Å². The molecule has 1 rings (SSSR count). The van der Waals surface area contributed by atoms with E-state index in [-0.39, 0.29) is 30.1 Å². The number of aliphatic imine (C=N–C) groups is 1. The molecular weight excluding hydrogens is 509 g/mol. The Bertz CT molecular complexity index is 528. The number of nitrogens with zero attached hydrogens (tertiary/aromatic N) is 2. The van der Waals surface area contributed by atoms with Crippen molar-refractivity contribution in [2.75, 3.05) is 39.3 Å². The van der Waals surface area contributed by atoms with Gasteiger partial charge in [-0.15, -0.1) is 24.0 Å². The van der Waals surface area contributed by atoms with Gasteiger partial charge in [-0.05, 0) is 66.3 Å². The van der Waals surface area contributed by atoms with Crippen LogP contribution in [-0.4, -0.2) is 78.6 Å². The maximum absolute atomic E-state index is 12.3. The van der Waals surface area contributed by atoms with Crippen LogP contribution >= 0.6 is 24.0 Å². The van der Waals surface area contributed by atoms with Gasteiger partial charge in [0.05, 0.1) is 18.2 Å². The van der Waals surface area contributed by atoms with Crippen LogP contribution in [0.3, 0.4) is 0 Å². The molecule has 1 fully saturated rings. The summed E-state index contributed by atoms with van der Waals surface area (Å²) in [7, 11) is 0. The lowest BCUT2D eigenvalue weighted by molar-refractivity contribution is 0.0451. The van der Waals surface area contributed by atoms with Crippen molar-refractivity contribution in [3.63, 3.8) is 0 Å². The fourth-order valence-electron chi connectivity index (χ4n) is 3.43. The SMILES string of the molecule is CCNC(=NCC(CC)(CC)NC(=O)OC(C)(C)C)NCCCN1CCC(O)CC1.I. The van der Waals surface area contributed by atoms with Crippen LogP contribution in [0.15, 0.2) is 4.99 Å². The van der Waals surface area contributed by atoms with Gasteiger partial charge in [-0.3, -0.25) is 4.99 Å². The van der Waals surface area contributed by atoms with E-state index in [1.807, 2.05) is 27.7 Å². The monoisotopic (exact) mass is 555 g/mol. The summed E-state index contributed by atoms with van der Waals surface area (Å²) in [6.45, 7) is 16.8. The van der Waals surface area contributed by atoms with Gasteiger partial charge in [0.25, 0.3) is 0 Å². The lowest BCUT2D eigenvalue weighted by atomic mass is 9.93. The van der Waals surface area contributed by atoms with Crippen LogP contribution in [0.1, 0.15) is 73.6 Å². The first-order chi connectivity index (χ1) is 14.1. The quantitative estimate of drug-likeness (QED) is 0.143. The van der Waals surface area contributed by atoms with Crippen molar-refractivity contribution in [3.8, 4) is 0 Å². The molecule has 0 aromatic heterocycles. The molecule has 9 heteroatoms. The number of alkyl carbamates (subject to hydrolysis) is 1. The van der Waals surface area contributed by atoms with Gasteiger partial charge in [0.15, 0.2) is 5.96 Å². The minimum atomic E-state index is -0.524. The summed E-state index contributed by atoms with van der Waals surface area (Å²) in [5.41, 5.74) is -0.956. The van der Waals surface area contributed by atoms with Crippen molar-refractivity contribution in [3.05, 3.63) is 0 Å². The number of likely N-dealkylation sites (tertiary alicyclic amines) is 1. The minimum Gasteiger partial charge on any atom is -0.444 e. The van der Waals surface area contributed by atoms with E-state index in [9.17, 15) is 9.90 Å². The Labute approximate surface area is 206 Å². The molecule has 1 heterocycles. The van der Waals surface area contributed by atoms with Gasteiger partial charge >= 0.3 is 6.09 Å². The summed E-state index contributed by atoms with van der Waals surface area (Å²) in [4.78, 5) is 19.5. The zero-order valence-electron chi connectivity index (χ0n) is 20.4.